The summed E-state index contributed by atoms with van der Waals surface area (Å²) in [4.78, 5) is 12.1. The van der Waals surface area contributed by atoms with Crippen LogP contribution in [0.5, 0.6) is 5.75 Å². The Balaban J connectivity index is 1.97. The first-order chi connectivity index (χ1) is 9.20. The van der Waals surface area contributed by atoms with Crippen LogP contribution in [0.2, 0.25) is 0 Å². The summed E-state index contributed by atoms with van der Waals surface area (Å²) in [5.41, 5.74) is 0.555. The van der Waals surface area contributed by atoms with Crippen molar-refractivity contribution < 1.29 is 18.5 Å². The molecule has 1 aromatic carbocycles. The predicted molar refractivity (Wildman–Crippen MR) is 74.2 cm³/mol. The molecule has 0 spiro atoms. The molecule has 0 N–H and O–H groups in total. The summed E-state index contributed by atoms with van der Waals surface area (Å²) in [6.07, 6.45) is 1.55. The van der Waals surface area contributed by atoms with Crippen LogP contribution < -0.4 is 4.74 Å². The van der Waals surface area contributed by atoms with Crippen molar-refractivity contribution in [2.75, 3.05) is 26.1 Å². The fourth-order valence-electron chi connectivity index (χ4n) is 2.07. The van der Waals surface area contributed by atoms with Gasteiger partial charge in [-0.25, -0.2) is 0 Å². The third kappa shape index (κ3) is 3.88. The molecule has 1 aliphatic heterocycles. The summed E-state index contributed by atoms with van der Waals surface area (Å²) in [6.45, 7) is 1.29. The number of Topliss-reactive ketones (excluding diaryl/α,β-unsaturated/α-hetero) is 1. The number of methoxy groups -OCH3 is 1. The molecule has 0 amide bonds. The third-order valence-electron chi connectivity index (χ3n) is 3.21. The number of ether oxygens (including phenoxy) is 2. The van der Waals surface area contributed by atoms with E-state index in [2.05, 4.69) is 0 Å². The van der Waals surface area contributed by atoms with E-state index in [9.17, 15) is 9.00 Å². The molecule has 1 atom stereocenters. The van der Waals surface area contributed by atoms with Gasteiger partial charge in [0.25, 0.3) is 0 Å². The zero-order valence-electron chi connectivity index (χ0n) is 11.0. The van der Waals surface area contributed by atoms with Crippen LogP contribution >= 0.6 is 0 Å². The first kappa shape index (κ1) is 14.2. The van der Waals surface area contributed by atoms with E-state index in [4.69, 9.17) is 9.47 Å². The first-order valence-corrected chi connectivity index (χ1v) is 7.71. The van der Waals surface area contributed by atoms with E-state index < -0.39 is 10.8 Å². The number of benzene rings is 1. The summed E-state index contributed by atoms with van der Waals surface area (Å²) in [6, 6.07) is 6.96. The van der Waals surface area contributed by atoms with E-state index in [0.717, 1.165) is 12.8 Å². The van der Waals surface area contributed by atoms with Crippen LogP contribution in [-0.4, -0.2) is 41.3 Å². The maximum atomic E-state index is 12.1. The summed E-state index contributed by atoms with van der Waals surface area (Å²) in [5, 5.41) is 0.0864. The van der Waals surface area contributed by atoms with Gasteiger partial charge in [-0.2, -0.15) is 0 Å². The fraction of sp³-hybridized carbons (Fsp3) is 0.500. The maximum Gasteiger partial charge on any atom is 0.175 e. The number of hydrogen-bond acceptors (Lipinski definition) is 4. The van der Waals surface area contributed by atoms with Crippen molar-refractivity contribution in [2.24, 2.45) is 0 Å². The summed E-state index contributed by atoms with van der Waals surface area (Å²) < 4.78 is 22.5. The fourth-order valence-corrected chi connectivity index (χ4v) is 3.44. The monoisotopic (exact) mass is 282 g/mol. The number of ketones is 1. The van der Waals surface area contributed by atoms with Crippen molar-refractivity contribution in [3.63, 3.8) is 0 Å². The van der Waals surface area contributed by atoms with Gasteiger partial charge in [0, 0.05) is 34.8 Å². The average Bonchev–Trinajstić information content (AvgIpc) is 2.48. The molecule has 0 bridgehead atoms. The Bertz CT molecular complexity index is 466. The third-order valence-corrected chi connectivity index (χ3v) is 4.97. The quantitative estimate of drug-likeness (QED) is 0.773. The molecule has 5 heteroatoms. The van der Waals surface area contributed by atoms with Gasteiger partial charge >= 0.3 is 0 Å². The number of carbonyl (C=O) groups excluding carboxylic acids is 1. The lowest BCUT2D eigenvalue weighted by Crippen LogP contribution is -2.28. The smallest absolute Gasteiger partial charge is 0.175 e. The van der Waals surface area contributed by atoms with Crippen molar-refractivity contribution in [3.8, 4) is 5.75 Å². The number of rotatable bonds is 5. The number of carbonyl (C=O) groups is 1. The molecule has 0 aromatic heterocycles. The molecule has 1 aromatic rings. The van der Waals surface area contributed by atoms with Crippen LogP contribution in [0.25, 0.3) is 0 Å². The van der Waals surface area contributed by atoms with E-state index in [1.165, 1.54) is 0 Å². The van der Waals surface area contributed by atoms with E-state index in [-0.39, 0.29) is 16.8 Å². The molecule has 1 unspecified atom stereocenters. The Hall–Kier alpha value is -1.20. The molecular formula is C14H18O4S. The van der Waals surface area contributed by atoms with Crippen molar-refractivity contribution in [1.82, 2.24) is 0 Å². The van der Waals surface area contributed by atoms with Gasteiger partial charge in [0.05, 0.1) is 12.9 Å². The van der Waals surface area contributed by atoms with Gasteiger partial charge in [0.2, 0.25) is 0 Å². The summed E-state index contributed by atoms with van der Waals surface area (Å²) >= 11 is 0. The van der Waals surface area contributed by atoms with E-state index in [1.54, 1.807) is 31.4 Å². The average molecular weight is 282 g/mol. The maximum absolute atomic E-state index is 12.1. The summed E-state index contributed by atoms with van der Waals surface area (Å²) in [5.74, 6) is 0.629. The van der Waals surface area contributed by atoms with Gasteiger partial charge in [-0.3, -0.25) is 9.00 Å². The van der Waals surface area contributed by atoms with Crippen molar-refractivity contribution >= 4 is 16.6 Å². The second-order valence-electron chi connectivity index (χ2n) is 4.49. The molecule has 1 fully saturated rings. The van der Waals surface area contributed by atoms with E-state index in [1.807, 2.05) is 0 Å². The normalized spacial score (nSPS) is 17.9. The Labute approximate surface area is 115 Å². The first-order valence-electron chi connectivity index (χ1n) is 6.33. The van der Waals surface area contributed by atoms with Crippen LogP contribution in [-0.2, 0) is 15.5 Å². The second kappa shape index (κ2) is 6.82. The van der Waals surface area contributed by atoms with Crippen LogP contribution in [0.15, 0.2) is 24.3 Å². The topological polar surface area (TPSA) is 52.6 Å². The molecule has 0 saturated carbocycles. The Morgan fingerprint density at radius 1 is 1.42 bits per heavy atom. The van der Waals surface area contributed by atoms with Gasteiger partial charge in [0.1, 0.15) is 5.75 Å². The van der Waals surface area contributed by atoms with Gasteiger partial charge in [-0.1, -0.05) is 12.1 Å². The molecule has 1 saturated heterocycles. The zero-order chi connectivity index (χ0) is 13.7. The molecule has 0 aliphatic carbocycles. The molecule has 1 aliphatic rings. The van der Waals surface area contributed by atoms with Crippen LogP contribution in [0, 0.1) is 0 Å². The molecular weight excluding hydrogens is 264 g/mol. The predicted octanol–water partition coefficient (Wildman–Crippen LogP) is 1.81. The van der Waals surface area contributed by atoms with Gasteiger partial charge < -0.3 is 9.47 Å². The minimum Gasteiger partial charge on any atom is -0.497 e. The Morgan fingerprint density at radius 2 is 2.16 bits per heavy atom. The highest BCUT2D eigenvalue weighted by Crippen LogP contribution is 2.17. The largest absolute Gasteiger partial charge is 0.497 e. The van der Waals surface area contributed by atoms with E-state index in [0.29, 0.717) is 24.5 Å². The van der Waals surface area contributed by atoms with Crippen molar-refractivity contribution in [1.29, 1.82) is 0 Å². The van der Waals surface area contributed by atoms with Crippen LogP contribution in [0.4, 0.5) is 0 Å². The lowest BCUT2D eigenvalue weighted by Gasteiger charge is -2.21. The molecule has 19 heavy (non-hydrogen) atoms. The number of hydrogen-bond donors (Lipinski definition) is 0. The lowest BCUT2D eigenvalue weighted by atomic mass is 10.1. The standard InChI is InChI=1S/C14H18O4S/c1-17-12-4-2-3-11(9-12)14(15)10-19(16)13-5-7-18-8-6-13/h2-4,9,13H,5-8,10H2,1H3. The van der Waals surface area contributed by atoms with Crippen LogP contribution in [0.1, 0.15) is 23.2 Å². The minimum absolute atomic E-state index is 0.0812. The van der Waals surface area contributed by atoms with E-state index >= 15 is 0 Å². The molecule has 2 rings (SSSR count). The van der Waals surface area contributed by atoms with Gasteiger partial charge in [-0.15, -0.1) is 0 Å². The molecule has 1 heterocycles. The zero-order valence-corrected chi connectivity index (χ0v) is 11.8. The Kier molecular flexibility index (Phi) is 5.10. The minimum atomic E-state index is -1.12. The SMILES string of the molecule is COc1cccc(C(=O)CS(=O)C2CCOCC2)c1. The lowest BCUT2D eigenvalue weighted by molar-refractivity contribution is 0.0980. The Morgan fingerprint density at radius 3 is 2.84 bits per heavy atom. The summed E-state index contributed by atoms with van der Waals surface area (Å²) in [7, 11) is 0.443. The van der Waals surface area contributed by atoms with Crippen molar-refractivity contribution in [2.45, 2.75) is 18.1 Å². The molecule has 0 radical (unpaired) electrons. The molecule has 104 valence electrons. The molecule has 4 nitrogen and oxygen atoms in total. The highest BCUT2D eigenvalue weighted by Gasteiger charge is 2.22. The van der Waals surface area contributed by atoms with Crippen molar-refractivity contribution in [3.05, 3.63) is 29.8 Å². The van der Waals surface area contributed by atoms with Gasteiger partial charge in [-0.05, 0) is 25.0 Å². The van der Waals surface area contributed by atoms with Crippen LogP contribution in [0.3, 0.4) is 0 Å². The highest BCUT2D eigenvalue weighted by molar-refractivity contribution is 7.86. The highest BCUT2D eigenvalue weighted by atomic mass is 32.2. The van der Waals surface area contributed by atoms with Gasteiger partial charge in [0.15, 0.2) is 5.78 Å². The second-order valence-corrected chi connectivity index (χ2v) is 6.21.